The fourth-order valence-corrected chi connectivity index (χ4v) is 2.70. The highest BCUT2D eigenvalue weighted by molar-refractivity contribution is 6.06. The van der Waals surface area contributed by atoms with Crippen LogP contribution in [0, 0.1) is 0 Å². The lowest BCUT2D eigenvalue weighted by atomic mass is 9.91. The number of phenols is 2. The van der Waals surface area contributed by atoms with Crippen molar-refractivity contribution in [3.63, 3.8) is 0 Å². The van der Waals surface area contributed by atoms with Gasteiger partial charge < -0.3 is 15.5 Å². The van der Waals surface area contributed by atoms with E-state index in [9.17, 15) is 15.0 Å². The molecule has 3 aromatic carbocycles. The zero-order valence-corrected chi connectivity index (χ0v) is 13.6. The summed E-state index contributed by atoms with van der Waals surface area (Å²) < 4.78 is 0. The second kappa shape index (κ2) is 5.89. The van der Waals surface area contributed by atoms with E-state index < -0.39 is 5.54 Å². The topological polar surface area (TPSA) is 69.6 Å². The molecule has 122 valence electrons. The number of carbonyl (C=O) groups excluding carboxylic acids is 1. The van der Waals surface area contributed by atoms with E-state index in [0.717, 1.165) is 16.5 Å². The van der Waals surface area contributed by atoms with E-state index in [1.54, 1.807) is 48.5 Å². The van der Waals surface area contributed by atoms with E-state index in [0.29, 0.717) is 5.56 Å². The number of carbonyl (C=O) groups is 1. The number of hydrogen-bond acceptors (Lipinski definition) is 4. The maximum absolute atomic E-state index is 12.9. The lowest BCUT2D eigenvalue weighted by Crippen LogP contribution is -2.40. The number of benzene rings is 3. The van der Waals surface area contributed by atoms with Crippen LogP contribution in [0.15, 0.2) is 60.7 Å². The van der Waals surface area contributed by atoms with Crippen molar-refractivity contribution in [2.75, 3.05) is 5.32 Å². The van der Waals surface area contributed by atoms with Gasteiger partial charge >= 0.3 is 0 Å². The lowest BCUT2D eigenvalue weighted by Gasteiger charge is -2.26. The molecule has 3 N–H and O–H groups in total. The van der Waals surface area contributed by atoms with Gasteiger partial charge in [-0.05, 0) is 67.1 Å². The van der Waals surface area contributed by atoms with Crippen molar-refractivity contribution in [2.24, 2.45) is 0 Å². The van der Waals surface area contributed by atoms with Crippen molar-refractivity contribution in [3.8, 4) is 11.5 Å². The minimum Gasteiger partial charge on any atom is -0.508 e. The lowest BCUT2D eigenvalue weighted by molar-refractivity contribution is 0.0927. The molecule has 0 radical (unpaired) electrons. The summed E-state index contributed by atoms with van der Waals surface area (Å²) in [6.07, 6.45) is 0. The third-order valence-corrected chi connectivity index (χ3v) is 3.98. The Morgan fingerprint density at radius 1 is 0.833 bits per heavy atom. The minimum atomic E-state index is -0.804. The number of rotatable bonds is 4. The standard InChI is InChI=1S/C20H19NO3/c1-20(2,21-16-6-9-17(22)10-7-16)19(24)15-4-3-14-12-18(23)8-5-13(14)11-15/h3-12,21-23H,1-2H3. The van der Waals surface area contributed by atoms with Crippen LogP contribution in [0.4, 0.5) is 5.69 Å². The quantitative estimate of drug-likeness (QED) is 0.494. The van der Waals surface area contributed by atoms with Crippen molar-refractivity contribution in [1.29, 1.82) is 0 Å². The first-order valence-corrected chi connectivity index (χ1v) is 7.70. The Bertz CT molecular complexity index is 898. The molecule has 0 saturated carbocycles. The molecule has 4 heteroatoms. The molecule has 3 aromatic rings. The van der Waals surface area contributed by atoms with Gasteiger partial charge in [-0.1, -0.05) is 18.2 Å². The summed E-state index contributed by atoms with van der Waals surface area (Å²) in [6, 6.07) is 17.1. The fraction of sp³-hybridized carbons (Fsp3) is 0.150. The highest BCUT2D eigenvalue weighted by Gasteiger charge is 2.28. The Balaban J connectivity index is 1.88. The van der Waals surface area contributed by atoms with E-state index in [4.69, 9.17) is 0 Å². The second-order valence-corrected chi connectivity index (χ2v) is 6.37. The number of hydrogen-bond donors (Lipinski definition) is 3. The molecule has 0 heterocycles. The Hall–Kier alpha value is -3.01. The van der Waals surface area contributed by atoms with E-state index in [1.807, 2.05) is 26.0 Å². The number of aromatic hydroxyl groups is 2. The average molecular weight is 321 g/mol. The van der Waals surface area contributed by atoms with Gasteiger partial charge in [-0.3, -0.25) is 4.79 Å². The molecule has 0 aliphatic rings. The summed E-state index contributed by atoms with van der Waals surface area (Å²) in [5.74, 6) is 0.351. The number of anilines is 1. The molecule has 0 aromatic heterocycles. The van der Waals surface area contributed by atoms with Crippen LogP contribution in [0.5, 0.6) is 11.5 Å². The monoisotopic (exact) mass is 321 g/mol. The molecule has 0 amide bonds. The Morgan fingerprint density at radius 3 is 2.12 bits per heavy atom. The number of ketones is 1. The van der Waals surface area contributed by atoms with Gasteiger partial charge in [-0.25, -0.2) is 0 Å². The van der Waals surface area contributed by atoms with E-state index in [1.165, 1.54) is 0 Å². The normalized spacial score (nSPS) is 11.4. The van der Waals surface area contributed by atoms with Gasteiger partial charge in [-0.15, -0.1) is 0 Å². The zero-order valence-electron chi connectivity index (χ0n) is 13.6. The molecule has 4 nitrogen and oxygen atoms in total. The highest BCUT2D eigenvalue weighted by atomic mass is 16.3. The van der Waals surface area contributed by atoms with E-state index in [2.05, 4.69) is 5.32 Å². The third-order valence-electron chi connectivity index (χ3n) is 3.98. The molecule has 24 heavy (non-hydrogen) atoms. The highest BCUT2D eigenvalue weighted by Crippen LogP contribution is 2.25. The van der Waals surface area contributed by atoms with Gasteiger partial charge in [0.2, 0.25) is 0 Å². The smallest absolute Gasteiger partial charge is 0.187 e. The van der Waals surface area contributed by atoms with Crippen LogP contribution in [0.25, 0.3) is 10.8 Å². The summed E-state index contributed by atoms with van der Waals surface area (Å²) in [5, 5.41) is 23.9. The molecule has 0 aliphatic heterocycles. The van der Waals surface area contributed by atoms with Crippen LogP contribution in [-0.2, 0) is 0 Å². The SMILES string of the molecule is CC(C)(Nc1ccc(O)cc1)C(=O)c1ccc2cc(O)ccc2c1. The van der Waals surface area contributed by atoms with Crippen molar-refractivity contribution >= 4 is 22.2 Å². The largest absolute Gasteiger partial charge is 0.508 e. The summed E-state index contributed by atoms with van der Waals surface area (Å²) in [4.78, 5) is 12.9. The molecule has 0 spiro atoms. The molecule has 0 unspecified atom stereocenters. The molecule has 0 atom stereocenters. The van der Waals surface area contributed by atoms with Gasteiger partial charge in [0.05, 0.1) is 5.54 Å². The van der Waals surface area contributed by atoms with Crippen LogP contribution < -0.4 is 5.32 Å². The number of phenolic OH excluding ortho intramolecular Hbond substituents is 2. The Kier molecular flexibility index (Phi) is 3.89. The molecule has 3 rings (SSSR count). The second-order valence-electron chi connectivity index (χ2n) is 6.37. The van der Waals surface area contributed by atoms with Gasteiger partial charge in [0.15, 0.2) is 5.78 Å². The fourth-order valence-electron chi connectivity index (χ4n) is 2.70. The summed E-state index contributed by atoms with van der Waals surface area (Å²) in [5.41, 5.74) is 0.558. The summed E-state index contributed by atoms with van der Waals surface area (Å²) in [7, 11) is 0. The van der Waals surface area contributed by atoms with Crippen molar-refractivity contribution in [2.45, 2.75) is 19.4 Å². The first-order valence-electron chi connectivity index (χ1n) is 7.70. The predicted octanol–water partition coefficient (Wildman–Crippen LogP) is 4.32. The molecular weight excluding hydrogens is 302 g/mol. The first kappa shape index (κ1) is 15.9. The van der Waals surface area contributed by atoms with Crippen LogP contribution in [0.2, 0.25) is 0 Å². The minimum absolute atomic E-state index is 0.0365. The van der Waals surface area contributed by atoms with Crippen molar-refractivity contribution in [1.82, 2.24) is 0 Å². The van der Waals surface area contributed by atoms with Gasteiger partial charge in [-0.2, -0.15) is 0 Å². The third kappa shape index (κ3) is 3.18. The maximum atomic E-state index is 12.9. The summed E-state index contributed by atoms with van der Waals surface area (Å²) in [6.45, 7) is 3.65. The number of Topliss-reactive ketones (excluding diaryl/α,β-unsaturated/α-hetero) is 1. The van der Waals surface area contributed by atoms with Crippen LogP contribution in [-0.4, -0.2) is 21.5 Å². The molecule has 0 aliphatic carbocycles. The average Bonchev–Trinajstić information content (AvgIpc) is 2.55. The van der Waals surface area contributed by atoms with Crippen LogP contribution in [0.3, 0.4) is 0 Å². The van der Waals surface area contributed by atoms with Gasteiger partial charge in [0.25, 0.3) is 0 Å². The Labute approximate surface area is 140 Å². The zero-order chi connectivity index (χ0) is 17.3. The van der Waals surface area contributed by atoms with Crippen molar-refractivity contribution in [3.05, 3.63) is 66.2 Å². The van der Waals surface area contributed by atoms with Gasteiger partial charge in [0.1, 0.15) is 11.5 Å². The summed E-state index contributed by atoms with van der Waals surface area (Å²) >= 11 is 0. The molecule has 0 bridgehead atoms. The van der Waals surface area contributed by atoms with Crippen LogP contribution >= 0.6 is 0 Å². The number of fused-ring (bicyclic) bond motifs is 1. The first-order chi connectivity index (χ1) is 11.3. The predicted molar refractivity (Wildman–Crippen MR) is 95.8 cm³/mol. The number of nitrogens with one attached hydrogen (secondary N) is 1. The molecule has 0 fully saturated rings. The molecular formula is C20H19NO3. The van der Waals surface area contributed by atoms with E-state index >= 15 is 0 Å². The maximum Gasteiger partial charge on any atom is 0.187 e. The van der Waals surface area contributed by atoms with Crippen LogP contribution in [0.1, 0.15) is 24.2 Å². The van der Waals surface area contributed by atoms with Crippen molar-refractivity contribution < 1.29 is 15.0 Å². The van der Waals surface area contributed by atoms with Gasteiger partial charge in [0, 0.05) is 11.3 Å². The Morgan fingerprint density at radius 2 is 1.42 bits per heavy atom. The molecule has 0 saturated heterocycles. The van der Waals surface area contributed by atoms with E-state index in [-0.39, 0.29) is 17.3 Å².